The Kier molecular flexibility index (Phi) is 5.57. The molecule has 3 rings (SSSR count). The van der Waals surface area contributed by atoms with E-state index in [0.717, 1.165) is 36.2 Å². The van der Waals surface area contributed by atoms with Crippen molar-refractivity contribution in [2.75, 3.05) is 6.54 Å². The van der Waals surface area contributed by atoms with Gasteiger partial charge in [0.2, 0.25) is 0 Å². The summed E-state index contributed by atoms with van der Waals surface area (Å²) in [5.74, 6) is -0.109. The molecule has 1 aliphatic heterocycles. The lowest BCUT2D eigenvalue weighted by molar-refractivity contribution is 0.0944. The molecule has 1 amide bonds. The predicted octanol–water partition coefficient (Wildman–Crippen LogP) is 1.97. The maximum absolute atomic E-state index is 12.3. The third-order valence-corrected chi connectivity index (χ3v) is 3.96. The van der Waals surface area contributed by atoms with Crippen molar-refractivity contribution in [3.8, 4) is 0 Å². The lowest BCUT2D eigenvalue weighted by Crippen LogP contribution is -2.28. The zero-order valence-corrected chi connectivity index (χ0v) is 13.4. The fraction of sp³-hybridized carbons (Fsp3) is 0.375. The highest BCUT2D eigenvalue weighted by atomic mass is 35.5. The van der Waals surface area contributed by atoms with Crippen molar-refractivity contribution in [3.05, 3.63) is 52.3 Å². The lowest BCUT2D eigenvalue weighted by Gasteiger charge is -2.13. The molecule has 0 bridgehead atoms. The summed E-state index contributed by atoms with van der Waals surface area (Å²) in [5.41, 5.74) is 5.03. The highest BCUT2D eigenvalue weighted by molar-refractivity contribution is 5.94. The van der Waals surface area contributed by atoms with Crippen LogP contribution in [0.5, 0.6) is 0 Å². The summed E-state index contributed by atoms with van der Waals surface area (Å²) in [6, 6.07) is 8.18. The minimum absolute atomic E-state index is 0. The molecule has 0 fully saturated rings. The van der Waals surface area contributed by atoms with E-state index in [1.54, 1.807) is 0 Å². The van der Waals surface area contributed by atoms with E-state index in [4.69, 9.17) is 0 Å². The summed E-state index contributed by atoms with van der Waals surface area (Å²) in [6.07, 6.45) is 1.86. The van der Waals surface area contributed by atoms with Crippen LogP contribution in [-0.2, 0) is 25.9 Å². The first kappa shape index (κ1) is 16.5. The Bertz CT molecular complexity index is 653. The molecule has 6 heteroatoms. The molecule has 0 atom stereocenters. The van der Waals surface area contributed by atoms with E-state index in [1.807, 2.05) is 12.1 Å². The Morgan fingerprint density at radius 3 is 2.86 bits per heavy atom. The van der Waals surface area contributed by atoms with Crippen LogP contribution in [0, 0.1) is 0 Å². The molecule has 1 aromatic carbocycles. The van der Waals surface area contributed by atoms with Crippen molar-refractivity contribution in [2.24, 2.45) is 0 Å². The summed E-state index contributed by atoms with van der Waals surface area (Å²) < 4.78 is 0. The topological polar surface area (TPSA) is 69.8 Å². The van der Waals surface area contributed by atoms with Gasteiger partial charge in [-0.2, -0.15) is 5.10 Å². The number of rotatable bonds is 4. The standard InChI is InChI=1S/C16H20N4O.ClH/c1-2-11-5-3-4-6-12(11)9-18-16(21)15-13-10-17-8-7-14(13)19-20-15;/h3-6,17H,2,7-10H2,1H3,(H,18,21)(H,19,20);1H. The largest absolute Gasteiger partial charge is 0.347 e. The number of carbonyl (C=O) groups excluding carboxylic acids is 1. The van der Waals surface area contributed by atoms with Gasteiger partial charge in [0.05, 0.1) is 0 Å². The third kappa shape index (κ3) is 3.31. The minimum Gasteiger partial charge on any atom is -0.347 e. The van der Waals surface area contributed by atoms with E-state index < -0.39 is 0 Å². The number of aromatic nitrogens is 2. The van der Waals surface area contributed by atoms with Crippen LogP contribution in [0.3, 0.4) is 0 Å². The van der Waals surface area contributed by atoms with Gasteiger partial charge >= 0.3 is 0 Å². The summed E-state index contributed by atoms with van der Waals surface area (Å²) in [4.78, 5) is 12.3. The number of fused-ring (bicyclic) bond motifs is 1. The maximum Gasteiger partial charge on any atom is 0.272 e. The second kappa shape index (κ2) is 7.42. The summed E-state index contributed by atoms with van der Waals surface area (Å²) in [7, 11) is 0. The molecule has 1 aromatic heterocycles. The van der Waals surface area contributed by atoms with E-state index >= 15 is 0 Å². The zero-order valence-electron chi connectivity index (χ0n) is 12.6. The van der Waals surface area contributed by atoms with Crippen LogP contribution in [0.1, 0.15) is 39.8 Å². The van der Waals surface area contributed by atoms with Crippen LogP contribution in [-0.4, -0.2) is 22.6 Å². The van der Waals surface area contributed by atoms with Crippen molar-refractivity contribution >= 4 is 18.3 Å². The Labute approximate surface area is 136 Å². The molecule has 2 heterocycles. The van der Waals surface area contributed by atoms with Crippen LogP contribution >= 0.6 is 12.4 Å². The Morgan fingerprint density at radius 2 is 2.09 bits per heavy atom. The first-order chi connectivity index (χ1) is 10.3. The number of carbonyl (C=O) groups is 1. The van der Waals surface area contributed by atoms with E-state index in [1.165, 1.54) is 5.56 Å². The number of halogens is 1. The highest BCUT2D eigenvalue weighted by Gasteiger charge is 2.21. The molecule has 0 aliphatic carbocycles. The molecule has 0 saturated heterocycles. The average Bonchev–Trinajstić information content (AvgIpc) is 2.97. The molecular formula is C16H21ClN4O. The minimum atomic E-state index is -0.109. The summed E-state index contributed by atoms with van der Waals surface area (Å²) >= 11 is 0. The fourth-order valence-corrected chi connectivity index (χ4v) is 2.75. The second-order valence-corrected chi connectivity index (χ2v) is 5.26. The maximum atomic E-state index is 12.3. The number of H-pyrrole nitrogens is 1. The van der Waals surface area contributed by atoms with Crippen LogP contribution < -0.4 is 10.6 Å². The van der Waals surface area contributed by atoms with Gasteiger partial charge in [0.25, 0.3) is 5.91 Å². The molecule has 1 aliphatic rings. The number of aryl methyl sites for hydroxylation is 1. The molecule has 118 valence electrons. The van der Waals surface area contributed by atoms with E-state index in [2.05, 4.69) is 39.9 Å². The second-order valence-electron chi connectivity index (χ2n) is 5.26. The number of nitrogens with zero attached hydrogens (tertiary/aromatic N) is 1. The van der Waals surface area contributed by atoms with Crippen LogP contribution in [0.25, 0.3) is 0 Å². The molecule has 5 nitrogen and oxygen atoms in total. The van der Waals surface area contributed by atoms with Crippen molar-refractivity contribution in [2.45, 2.75) is 32.9 Å². The molecule has 2 aromatic rings. The van der Waals surface area contributed by atoms with E-state index in [0.29, 0.717) is 18.8 Å². The molecule has 0 unspecified atom stereocenters. The average molecular weight is 321 g/mol. The molecule has 22 heavy (non-hydrogen) atoms. The lowest BCUT2D eigenvalue weighted by atomic mass is 10.0. The van der Waals surface area contributed by atoms with Gasteiger partial charge in [-0.1, -0.05) is 31.2 Å². The third-order valence-electron chi connectivity index (χ3n) is 3.96. The van der Waals surface area contributed by atoms with Gasteiger partial charge in [-0.05, 0) is 17.5 Å². The molecular weight excluding hydrogens is 300 g/mol. The molecule has 0 radical (unpaired) electrons. The summed E-state index contributed by atoms with van der Waals surface area (Å²) in [5, 5.41) is 13.4. The zero-order chi connectivity index (χ0) is 14.7. The van der Waals surface area contributed by atoms with E-state index in [9.17, 15) is 4.79 Å². The van der Waals surface area contributed by atoms with Crippen LogP contribution in [0.15, 0.2) is 24.3 Å². The van der Waals surface area contributed by atoms with Crippen molar-refractivity contribution in [1.29, 1.82) is 0 Å². The fourth-order valence-electron chi connectivity index (χ4n) is 2.75. The van der Waals surface area contributed by atoms with Crippen LogP contribution in [0.2, 0.25) is 0 Å². The number of amides is 1. The SMILES string of the molecule is CCc1ccccc1CNC(=O)c1n[nH]c2c1CNCC2.Cl. The van der Waals surface area contributed by atoms with Gasteiger partial charge < -0.3 is 10.6 Å². The molecule has 3 N–H and O–H groups in total. The van der Waals surface area contributed by atoms with Gasteiger partial charge in [-0.25, -0.2) is 0 Å². The first-order valence-electron chi connectivity index (χ1n) is 7.41. The van der Waals surface area contributed by atoms with Crippen LogP contribution in [0.4, 0.5) is 0 Å². The molecule has 0 saturated carbocycles. The summed E-state index contributed by atoms with van der Waals surface area (Å²) in [6.45, 7) is 4.30. The van der Waals surface area contributed by atoms with Gasteiger partial charge in [0, 0.05) is 37.3 Å². The van der Waals surface area contributed by atoms with Gasteiger partial charge in [0.1, 0.15) is 0 Å². The number of hydrogen-bond donors (Lipinski definition) is 3. The predicted molar refractivity (Wildman–Crippen MR) is 88.2 cm³/mol. The van der Waals surface area contributed by atoms with Gasteiger partial charge in [-0.15, -0.1) is 12.4 Å². The number of hydrogen-bond acceptors (Lipinski definition) is 3. The quantitative estimate of drug-likeness (QED) is 0.806. The van der Waals surface area contributed by atoms with Crippen molar-refractivity contribution < 1.29 is 4.79 Å². The number of nitrogens with one attached hydrogen (secondary N) is 3. The monoisotopic (exact) mass is 320 g/mol. The Hall–Kier alpha value is -1.85. The smallest absolute Gasteiger partial charge is 0.272 e. The Morgan fingerprint density at radius 1 is 1.32 bits per heavy atom. The van der Waals surface area contributed by atoms with Crippen molar-refractivity contribution in [3.63, 3.8) is 0 Å². The number of aromatic amines is 1. The van der Waals surface area contributed by atoms with Gasteiger partial charge in [0.15, 0.2) is 5.69 Å². The Balaban J connectivity index is 0.00000176. The molecule has 0 spiro atoms. The normalized spacial score (nSPS) is 13.1. The van der Waals surface area contributed by atoms with Gasteiger partial charge in [-0.3, -0.25) is 9.89 Å². The highest BCUT2D eigenvalue weighted by Crippen LogP contribution is 2.15. The van der Waals surface area contributed by atoms with Crippen molar-refractivity contribution in [1.82, 2.24) is 20.8 Å². The van der Waals surface area contributed by atoms with E-state index in [-0.39, 0.29) is 18.3 Å². The first-order valence-corrected chi connectivity index (χ1v) is 7.41. The number of benzene rings is 1.